The van der Waals surface area contributed by atoms with E-state index in [4.69, 9.17) is 33.7 Å². The van der Waals surface area contributed by atoms with Crippen molar-refractivity contribution in [1.29, 1.82) is 0 Å². The minimum absolute atomic E-state index is 0.206. The van der Waals surface area contributed by atoms with Crippen LogP contribution < -0.4 is 10.5 Å². The predicted molar refractivity (Wildman–Crippen MR) is 77.8 cm³/mol. The number of hydrogen-bond donors (Lipinski definition) is 1. The highest BCUT2D eigenvalue weighted by Crippen LogP contribution is 2.40. The highest BCUT2D eigenvalue weighted by Gasteiger charge is 2.27. The Kier molecular flexibility index (Phi) is 3.59. The third-order valence-electron chi connectivity index (χ3n) is 3.37. The van der Waals surface area contributed by atoms with Crippen molar-refractivity contribution in [2.75, 3.05) is 0 Å². The van der Waals surface area contributed by atoms with E-state index in [1.165, 1.54) is 12.1 Å². The third-order valence-corrected chi connectivity index (χ3v) is 3.81. The maximum absolute atomic E-state index is 13.3. The van der Waals surface area contributed by atoms with E-state index >= 15 is 0 Å². The molecule has 0 aromatic heterocycles. The summed E-state index contributed by atoms with van der Waals surface area (Å²) < 4.78 is 19.2. The maximum Gasteiger partial charge on any atom is 0.127 e. The molecule has 0 saturated heterocycles. The lowest BCUT2D eigenvalue weighted by Crippen LogP contribution is -2.24. The first kappa shape index (κ1) is 13.7. The summed E-state index contributed by atoms with van der Waals surface area (Å²) in [6.45, 7) is 0. The Hall–Kier alpha value is -1.29. The van der Waals surface area contributed by atoms with Crippen LogP contribution in [-0.4, -0.2) is 0 Å². The largest absolute Gasteiger partial charge is 0.485 e. The fourth-order valence-electron chi connectivity index (χ4n) is 2.44. The van der Waals surface area contributed by atoms with Gasteiger partial charge in [-0.15, -0.1) is 0 Å². The summed E-state index contributed by atoms with van der Waals surface area (Å²) in [7, 11) is 0. The molecule has 2 nitrogen and oxygen atoms in total. The van der Waals surface area contributed by atoms with E-state index in [1.54, 1.807) is 24.3 Å². The molecule has 1 heterocycles. The molecule has 1 aliphatic heterocycles. The molecule has 0 bridgehead atoms. The summed E-state index contributed by atoms with van der Waals surface area (Å²) in [6.07, 6.45) is 0.311. The van der Waals surface area contributed by atoms with Gasteiger partial charge in [-0.25, -0.2) is 4.39 Å². The molecule has 104 valence electrons. The van der Waals surface area contributed by atoms with Crippen molar-refractivity contribution in [2.45, 2.75) is 18.6 Å². The molecule has 5 heteroatoms. The molecule has 2 aromatic rings. The van der Waals surface area contributed by atoms with E-state index in [0.29, 0.717) is 22.2 Å². The zero-order chi connectivity index (χ0) is 14.3. The van der Waals surface area contributed by atoms with Gasteiger partial charge in [0.1, 0.15) is 17.7 Å². The smallest absolute Gasteiger partial charge is 0.127 e. The van der Waals surface area contributed by atoms with E-state index in [-0.39, 0.29) is 18.0 Å². The van der Waals surface area contributed by atoms with Crippen molar-refractivity contribution in [3.05, 3.63) is 63.4 Å². The summed E-state index contributed by atoms with van der Waals surface area (Å²) >= 11 is 12.0. The average molecular weight is 312 g/mol. The van der Waals surface area contributed by atoms with E-state index in [0.717, 1.165) is 11.1 Å². The van der Waals surface area contributed by atoms with Crippen LogP contribution in [0.4, 0.5) is 4.39 Å². The van der Waals surface area contributed by atoms with Gasteiger partial charge in [-0.05, 0) is 29.8 Å². The maximum atomic E-state index is 13.3. The van der Waals surface area contributed by atoms with E-state index in [9.17, 15) is 4.39 Å². The number of rotatable bonds is 1. The molecular formula is C15H12Cl2FNO. The van der Waals surface area contributed by atoms with Gasteiger partial charge in [-0.3, -0.25) is 0 Å². The molecule has 0 amide bonds. The summed E-state index contributed by atoms with van der Waals surface area (Å²) in [5, 5.41) is 1.07. The lowest BCUT2D eigenvalue weighted by molar-refractivity contribution is 0.161. The van der Waals surface area contributed by atoms with Gasteiger partial charge in [0.2, 0.25) is 0 Å². The standard InChI is InChI=1S/C15H12Cl2FNO/c16-9-3-8(4-10(17)5-9)14-7-13(19)12-2-1-11(18)6-15(12)20-14/h1-6,13-14H,7,19H2/t13-,14?/m1/s1. The van der Waals surface area contributed by atoms with Gasteiger partial charge < -0.3 is 10.5 Å². The Labute approximate surface area is 126 Å². The average Bonchev–Trinajstić information content (AvgIpc) is 2.36. The van der Waals surface area contributed by atoms with Gasteiger partial charge in [0.25, 0.3) is 0 Å². The van der Waals surface area contributed by atoms with Gasteiger partial charge in [0.15, 0.2) is 0 Å². The molecule has 20 heavy (non-hydrogen) atoms. The van der Waals surface area contributed by atoms with Crippen molar-refractivity contribution in [3.8, 4) is 5.75 Å². The molecule has 0 spiro atoms. The van der Waals surface area contributed by atoms with Crippen molar-refractivity contribution in [2.24, 2.45) is 5.73 Å². The molecule has 1 aliphatic rings. The van der Waals surface area contributed by atoms with Crippen LogP contribution in [0.1, 0.15) is 29.7 Å². The van der Waals surface area contributed by atoms with Crippen molar-refractivity contribution in [3.63, 3.8) is 0 Å². The van der Waals surface area contributed by atoms with Crippen LogP contribution >= 0.6 is 23.2 Å². The second-order valence-electron chi connectivity index (χ2n) is 4.83. The normalized spacial score (nSPS) is 21.2. The highest BCUT2D eigenvalue weighted by molar-refractivity contribution is 6.34. The van der Waals surface area contributed by atoms with Crippen LogP contribution in [-0.2, 0) is 0 Å². The van der Waals surface area contributed by atoms with Gasteiger partial charge in [-0.1, -0.05) is 29.3 Å². The minimum Gasteiger partial charge on any atom is -0.485 e. The van der Waals surface area contributed by atoms with Crippen LogP contribution in [0.15, 0.2) is 36.4 Å². The van der Waals surface area contributed by atoms with Crippen LogP contribution in [0.25, 0.3) is 0 Å². The molecule has 0 aliphatic carbocycles. The van der Waals surface area contributed by atoms with Gasteiger partial charge in [0, 0.05) is 34.1 Å². The van der Waals surface area contributed by atoms with Crippen molar-refractivity contribution < 1.29 is 9.13 Å². The SMILES string of the molecule is N[C@@H]1CC(c2cc(Cl)cc(Cl)c2)Oc2cc(F)ccc21. The Morgan fingerprint density at radius 2 is 1.80 bits per heavy atom. The Morgan fingerprint density at radius 3 is 2.50 bits per heavy atom. The zero-order valence-electron chi connectivity index (χ0n) is 10.4. The first-order valence-electron chi connectivity index (χ1n) is 6.20. The first-order chi connectivity index (χ1) is 9.52. The molecule has 2 N–H and O–H groups in total. The quantitative estimate of drug-likeness (QED) is 0.831. The third kappa shape index (κ3) is 2.62. The summed E-state index contributed by atoms with van der Waals surface area (Å²) in [5.41, 5.74) is 7.79. The van der Waals surface area contributed by atoms with Crippen LogP contribution in [0.2, 0.25) is 10.0 Å². The number of benzene rings is 2. The van der Waals surface area contributed by atoms with E-state index < -0.39 is 0 Å². The van der Waals surface area contributed by atoms with Gasteiger partial charge in [-0.2, -0.15) is 0 Å². The fraction of sp³-hybridized carbons (Fsp3) is 0.200. The van der Waals surface area contributed by atoms with E-state index in [2.05, 4.69) is 0 Å². The zero-order valence-corrected chi connectivity index (χ0v) is 12.0. The minimum atomic E-state index is -0.347. The Morgan fingerprint density at radius 1 is 1.10 bits per heavy atom. The van der Waals surface area contributed by atoms with Crippen LogP contribution in [0.5, 0.6) is 5.75 Å². The number of ether oxygens (including phenoxy) is 1. The predicted octanol–water partition coefficient (Wildman–Crippen LogP) is 4.66. The summed E-state index contributed by atoms with van der Waals surface area (Å²) in [5.74, 6) is 0.130. The summed E-state index contributed by atoms with van der Waals surface area (Å²) in [4.78, 5) is 0. The number of nitrogens with two attached hydrogens (primary N) is 1. The monoisotopic (exact) mass is 311 g/mol. The molecule has 3 rings (SSSR count). The Balaban J connectivity index is 1.98. The molecule has 2 atom stereocenters. The van der Waals surface area contributed by atoms with Gasteiger partial charge >= 0.3 is 0 Å². The van der Waals surface area contributed by atoms with Crippen molar-refractivity contribution in [1.82, 2.24) is 0 Å². The lowest BCUT2D eigenvalue weighted by atomic mass is 9.93. The second-order valence-corrected chi connectivity index (χ2v) is 5.71. The molecular weight excluding hydrogens is 300 g/mol. The number of fused-ring (bicyclic) bond motifs is 1. The number of hydrogen-bond acceptors (Lipinski definition) is 2. The lowest BCUT2D eigenvalue weighted by Gasteiger charge is -2.30. The molecule has 2 aromatic carbocycles. The Bertz CT molecular complexity index is 642. The van der Waals surface area contributed by atoms with Crippen molar-refractivity contribution >= 4 is 23.2 Å². The molecule has 0 fully saturated rings. The first-order valence-corrected chi connectivity index (χ1v) is 6.96. The number of halogens is 3. The van der Waals surface area contributed by atoms with Crippen LogP contribution in [0.3, 0.4) is 0 Å². The second kappa shape index (κ2) is 5.24. The van der Waals surface area contributed by atoms with Gasteiger partial charge in [0.05, 0.1) is 0 Å². The molecule has 0 radical (unpaired) electrons. The fourth-order valence-corrected chi connectivity index (χ4v) is 2.98. The molecule has 0 saturated carbocycles. The highest BCUT2D eigenvalue weighted by atomic mass is 35.5. The van der Waals surface area contributed by atoms with Crippen LogP contribution in [0, 0.1) is 5.82 Å². The summed E-state index contributed by atoms with van der Waals surface area (Å²) in [6, 6.07) is 9.43. The van der Waals surface area contributed by atoms with E-state index in [1.807, 2.05) is 0 Å². The topological polar surface area (TPSA) is 35.2 Å². The molecule has 1 unspecified atom stereocenters.